The van der Waals surface area contributed by atoms with Gasteiger partial charge < -0.3 is 0 Å². The maximum absolute atomic E-state index is 13.9. The van der Waals surface area contributed by atoms with E-state index in [1.807, 2.05) is 0 Å². The smallest absolute Gasteiger partial charge is 0.199 e. The molecule has 0 nitrogen and oxygen atoms in total. The van der Waals surface area contributed by atoms with Gasteiger partial charge in [-0.2, -0.15) is 83.4 Å². The molecule has 1 aromatic carbocycles. The van der Waals surface area contributed by atoms with Crippen molar-refractivity contribution in [2.75, 3.05) is 0 Å². The lowest BCUT2D eigenvalue weighted by molar-refractivity contribution is -0.468. The van der Waals surface area contributed by atoms with Crippen LogP contribution in [0.5, 0.6) is 0 Å². The molecule has 0 aliphatic carbocycles. The van der Waals surface area contributed by atoms with Gasteiger partial charge in [-0.3, -0.25) is 0 Å². The summed E-state index contributed by atoms with van der Waals surface area (Å²) in [7, 11) is 0. The van der Waals surface area contributed by atoms with Crippen LogP contribution in [-0.2, 0) is 6.42 Å². The predicted molar refractivity (Wildman–Crippen MR) is 85.9 cm³/mol. The van der Waals surface area contributed by atoms with E-state index in [1.165, 1.54) is 0 Å². The largest absolute Gasteiger partial charge is 0.460 e. The SMILES string of the molecule is C=Cc1ccc(CC(F)(F)C(F)(F)C(F)(F)C(F)(F)C(F)(F)C(F)(F)C(F)(F)C(F)(F)C(F)(F)F)cc1. The van der Waals surface area contributed by atoms with Crippen molar-refractivity contribution in [2.45, 2.75) is 60.0 Å². The van der Waals surface area contributed by atoms with Gasteiger partial charge in [0, 0.05) is 6.42 Å². The van der Waals surface area contributed by atoms with Crippen molar-refractivity contribution < 1.29 is 83.4 Å². The van der Waals surface area contributed by atoms with E-state index in [-0.39, 0.29) is 5.56 Å². The van der Waals surface area contributed by atoms with Crippen molar-refractivity contribution >= 4 is 6.08 Å². The quantitative estimate of drug-likeness (QED) is 0.241. The summed E-state index contributed by atoms with van der Waals surface area (Å²) < 4.78 is 252. The van der Waals surface area contributed by atoms with Crippen molar-refractivity contribution in [3.8, 4) is 0 Å². The standard InChI is InChI=1S/C18H9F19/c1-2-8-3-5-9(6-4-8)7-10(19,20)11(21,22)12(23,24)13(25,26)14(27,28)15(29,30)16(31,32)17(33,34)18(35,36)37/h2-6H,1,7H2. The van der Waals surface area contributed by atoms with Crippen LogP contribution < -0.4 is 0 Å². The molecule has 0 radical (unpaired) electrons. The zero-order valence-corrected chi connectivity index (χ0v) is 17.0. The molecule has 1 rings (SSSR count). The van der Waals surface area contributed by atoms with Crippen LogP contribution in [0.2, 0.25) is 0 Å². The molecular formula is C18H9F19. The Kier molecular flexibility index (Phi) is 7.81. The molecule has 0 bridgehead atoms. The Morgan fingerprint density at radius 2 is 0.757 bits per heavy atom. The number of rotatable bonds is 10. The van der Waals surface area contributed by atoms with Gasteiger partial charge in [0.05, 0.1) is 0 Å². The maximum Gasteiger partial charge on any atom is 0.460 e. The molecule has 214 valence electrons. The third kappa shape index (κ3) is 4.48. The highest BCUT2D eigenvalue weighted by Crippen LogP contribution is 2.65. The summed E-state index contributed by atoms with van der Waals surface area (Å²) in [4.78, 5) is 0. The minimum Gasteiger partial charge on any atom is -0.199 e. The Bertz CT molecular complexity index is 968. The van der Waals surface area contributed by atoms with Gasteiger partial charge in [-0.25, -0.2) is 0 Å². The van der Waals surface area contributed by atoms with E-state index in [2.05, 4.69) is 6.58 Å². The van der Waals surface area contributed by atoms with E-state index in [4.69, 9.17) is 0 Å². The molecule has 0 heterocycles. The highest BCUT2D eigenvalue weighted by molar-refractivity contribution is 5.47. The summed E-state index contributed by atoms with van der Waals surface area (Å²) in [5, 5.41) is 0. The van der Waals surface area contributed by atoms with Gasteiger partial charge >= 0.3 is 53.6 Å². The third-order valence-electron chi connectivity index (χ3n) is 4.82. The Morgan fingerprint density at radius 3 is 1.05 bits per heavy atom. The predicted octanol–water partition coefficient (Wildman–Crippen LogP) is 8.52. The zero-order valence-electron chi connectivity index (χ0n) is 17.0. The fourth-order valence-corrected chi connectivity index (χ4v) is 2.53. The minimum absolute atomic E-state index is 0.0918. The lowest BCUT2D eigenvalue weighted by Gasteiger charge is -2.43. The molecular weight excluding hydrogens is 577 g/mol. The molecule has 0 atom stereocenters. The Morgan fingerprint density at radius 1 is 0.459 bits per heavy atom. The van der Waals surface area contributed by atoms with E-state index in [9.17, 15) is 83.4 Å². The number of alkyl halides is 19. The second kappa shape index (κ2) is 8.84. The summed E-state index contributed by atoms with van der Waals surface area (Å²) in [5.74, 6) is -66.4. The lowest BCUT2D eigenvalue weighted by atomic mass is 9.86. The molecule has 1 aromatic rings. The van der Waals surface area contributed by atoms with Gasteiger partial charge in [-0.1, -0.05) is 36.9 Å². The van der Waals surface area contributed by atoms with E-state index in [0.29, 0.717) is 12.1 Å². The Hall–Kier alpha value is -2.37. The van der Waals surface area contributed by atoms with E-state index in [0.717, 1.165) is 18.2 Å². The number of benzene rings is 1. The zero-order chi connectivity index (χ0) is 29.9. The number of hydrogen-bond acceptors (Lipinski definition) is 0. The lowest BCUT2D eigenvalue weighted by Crippen LogP contribution is -2.75. The fraction of sp³-hybridized carbons (Fsp3) is 0.556. The molecule has 37 heavy (non-hydrogen) atoms. The van der Waals surface area contributed by atoms with Crippen LogP contribution in [0.4, 0.5) is 83.4 Å². The second-order valence-corrected chi connectivity index (χ2v) is 7.35. The first-order chi connectivity index (χ1) is 16.0. The molecule has 0 saturated heterocycles. The first kappa shape index (κ1) is 32.7. The van der Waals surface area contributed by atoms with E-state index < -0.39 is 65.5 Å². The van der Waals surface area contributed by atoms with Gasteiger partial charge in [0.15, 0.2) is 0 Å². The van der Waals surface area contributed by atoms with Crippen molar-refractivity contribution in [2.24, 2.45) is 0 Å². The normalized spacial score (nSPS) is 15.6. The molecule has 0 unspecified atom stereocenters. The number of hydrogen-bond donors (Lipinski definition) is 0. The summed E-state index contributed by atoms with van der Waals surface area (Å²) in [6.45, 7) is 3.18. The van der Waals surface area contributed by atoms with Crippen LogP contribution in [0, 0.1) is 0 Å². The average molecular weight is 586 g/mol. The highest BCUT2D eigenvalue weighted by atomic mass is 19.4. The van der Waals surface area contributed by atoms with E-state index in [1.54, 1.807) is 0 Å². The van der Waals surface area contributed by atoms with Gasteiger partial charge in [0.2, 0.25) is 0 Å². The van der Waals surface area contributed by atoms with Gasteiger partial charge in [-0.05, 0) is 11.1 Å². The molecule has 0 saturated carbocycles. The summed E-state index contributed by atoms with van der Waals surface area (Å²) in [6, 6.07) is 2.61. The molecule has 0 spiro atoms. The summed E-state index contributed by atoms with van der Waals surface area (Å²) in [5.41, 5.74) is -0.989. The average Bonchev–Trinajstić information content (AvgIpc) is 2.72. The Balaban J connectivity index is 3.63. The molecule has 0 aliphatic rings. The minimum atomic E-state index is -8.91. The molecule has 0 aromatic heterocycles. The van der Waals surface area contributed by atoms with Crippen LogP contribution >= 0.6 is 0 Å². The molecule has 0 fully saturated rings. The van der Waals surface area contributed by atoms with Crippen molar-refractivity contribution in [1.82, 2.24) is 0 Å². The first-order valence-corrected chi connectivity index (χ1v) is 8.82. The highest BCUT2D eigenvalue weighted by Gasteiger charge is 2.96. The molecule has 0 N–H and O–H groups in total. The van der Waals surface area contributed by atoms with Gasteiger partial charge in [0.1, 0.15) is 0 Å². The maximum atomic E-state index is 13.9. The number of halogens is 19. The third-order valence-corrected chi connectivity index (χ3v) is 4.82. The van der Waals surface area contributed by atoms with Crippen LogP contribution in [-0.4, -0.2) is 53.6 Å². The van der Waals surface area contributed by atoms with Gasteiger partial charge in [-0.15, -0.1) is 0 Å². The molecule has 0 aliphatic heterocycles. The van der Waals surface area contributed by atoms with Crippen LogP contribution in [0.15, 0.2) is 30.8 Å². The topological polar surface area (TPSA) is 0 Å². The molecule has 19 heteroatoms. The van der Waals surface area contributed by atoms with Crippen LogP contribution in [0.1, 0.15) is 11.1 Å². The van der Waals surface area contributed by atoms with E-state index >= 15 is 0 Å². The second-order valence-electron chi connectivity index (χ2n) is 7.35. The van der Waals surface area contributed by atoms with Gasteiger partial charge in [0.25, 0.3) is 0 Å². The van der Waals surface area contributed by atoms with Crippen molar-refractivity contribution in [3.63, 3.8) is 0 Å². The summed E-state index contributed by atoms with van der Waals surface area (Å²) >= 11 is 0. The summed E-state index contributed by atoms with van der Waals surface area (Å²) in [6.07, 6.45) is -9.55. The van der Waals surface area contributed by atoms with Crippen LogP contribution in [0.25, 0.3) is 6.08 Å². The van der Waals surface area contributed by atoms with Crippen LogP contribution in [0.3, 0.4) is 0 Å². The Labute approximate surface area is 192 Å². The fourth-order valence-electron chi connectivity index (χ4n) is 2.53. The molecule has 0 amide bonds. The monoisotopic (exact) mass is 586 g/mol. The van der Waals surface area contributed by atoms with Crippen molar-refractivity contribution in [3.05, 3.63) is 42.0 Å². The first-order valence-electron chi connectivity index (χ1n) is 8.82. The van der Waals surface area contributed by atoms with Crippen molar-refractivity contribution in [1.29, 1.82) is 0 Å².